The highest BCUT2D eigenvalue weighted by Crippen LogP contribution is 2.19. The number of nitrogens with zero attached hydrogens (tertiary/aromatic N) is 1. The summed E-state index contributed by atoms with van der Waals surface area (Å²) < 4.78 is 49.9. The van der Waals surface area contributed by atoms with Crippen LogP contribution in [0.2, 0.25) is 12.1 Å². The van der Waals surface area contributed by atoms with Crippen molar-refractivity contribution in [1.82, 2.24) is 4.90 Å². The predicted octanol–water partition coefficient (Wildman–Crippen LogP) is 1.24. The van der Waals surface area contributed by atoms with E-state index in [-0.39, 0.29) is 0 Å². The molecule has 0 heterocycles. The SMILES string of the molecule is CO[Si](CCCN(CCC[Si](OC)(OC)OC)C[Si](OC)(OC)OC)(OC)OC. The lowest BCUT2D eigenvalue weighted by Crippen LogP contribution is -2.54. The van der Waals surface area contributed by atoms with Gasteiger partial charge in [0, 0.05) is 76.1 Å². The monoisotopic (exact) mass is 475 g/mol. The molecule has 0 bridgehead atoms. The second-order valence-electron chi connectivity index (χ2n) is 6.37. The van der Waals surface area contributed by atoms with Crippen LogP contribution in [0.25, 0.3) is 0 Å². The molecule has 0 radical (unpaired) electrons. The minimum atomic E-state index is -2.76. The van der Waals surface area contributed by atoms with Gasteiger partial charge >= 0.3 is 26.4 Å². The molecule has 0 aliphatic rings. The Balaban J connectivity index is 5.06. The molecule has 0 aliphatic carbocycles. The van der Waals surface area contributed by atoms with Gasteiger partial charge in [-0.25, -0.2) is 0 Å². The van der Waals surface area contributed by atoms with Crippen molar-refractivity contribution in [3.63, 3.8) is 0 Å². The van der Waals surface area contributed by atoms with E-state index in [1.807, 2.05) is 0 Å². The summed E-state index contributed by atoms with van der Waals surface area (Å²) in [4.78, 5) is 2.27. The molecule has 0 saturated carbocycles. The highest BCUT2D eigenvalue weighted by Gasteiger charge is 2.42. The van der Waals surface area contributed by atoms with Gasteiger partial charge in [0.15, 0.2) is 0 Å². The van der Waals surface area contributed by atoms with Crippen molar-refractivity contribution in [3.8, 4) is 0 Å². The third-order valence-corrected chi connectivity index (χ3v) is 13.5. The molecule has 13 heteroatoms. The molecule has 0 aromatic rings. The fraction of sp³-hybridized carbons (Fsp3) is 1.00. The first-order valence-electron chi connectivity index (χ1n) is 9.52. The van der Waals surface area contributed by atoms with E-state index in [4.69, 9.17) is 39.8 Å². The van der Waals surface area contributed by atoms with Crippen LogP contribution in [0.4, 0.5) is 0 Å². The summed E-state index contributed by atoms with van der Waals surface area (Å²) >= 11 is 0. The lowest BCUT2D eigenvalue weighted by molar-refractivity contribution is 0.0991. The van der Waals surface area contributed by atoms with Gasteiger partial charge in [-0.15, -0.1) is 0 Å². The molecule has 0 aliphatic heterocycles. The Kier molecular flexibility index (Phi) is 15.2. The topological polar surface area (TPSA) is 86.3 Å². The van der Waals surface area contributed by atoms with E-state index in [0.717, 1.165) is 25.9 Å². The molecule has 0 fully saturated rings. The Morgan fingerprint density at radius 3 is 0.966 bits per heavy atom. The molecule has 0 rings (SSSR count). The standard InChI is InChI=1S/C16H41NO9Si3/c1-18-27(19-2,20-3)14-10-12-17(16-29(24-7,25-8)26-9)13-11-15-28(21-4,22-5)23-6/h10-16H2,1-9H3. The van der Waals surface area contributed by atoms with Gasteiger partial charge in [0.05, 0.1) is 6.17 Å². The number of hydrogen-bond acceptors (Lipinski definition) is 10. The molecular formula is C16H41NO9Si3. The molecule has 0 saturated heterocycles. The van der Waals surface area contributed by atoms with Crippen molar-refractivity contribution in [1.29, 1.82) is 0 Å². The van der Waals surface area contributed by atoms with E-state index in [0.29, 0.717) is 18.3 Å². The number of hydrogen-bond donors (Lipinski definition) is 0. The van der Waals surface area contributed by atoms with Crippen LogP contribution >= 0.6 is 0 Å². The van der Waals surface area contributed by atoms with E-state index in [2.05, 4.69) is 4.90 Å². The van der Waals surface area contributed by atoms with Crippen LogP contribution in [-0.4, -0.2) is 115 Å². The van der Waals surface area contributed by atoms with E-state index in [9.17, 15) is 0 Å². The van der Waals surface area contributed by atoms with Crippen molar-refractivity contribution in [2.75, 3.05) is 83.2 Å². The molecule has 0 aromatic carbocycles. The van der Waals surface area contributed by atoms with Crippen molar-refractivity contribution < 1.29 is 39.8 Å². The van der Waals surface area contributed by atoms with Crippen molar-refractivity contribution in [2.24, 2.45) is 0 Å². The third-order valence-electron chi connectivity index (χ3n) is 5.13. The maximum atomic E-state index is 5.61. The van der Waals surface area contributed by atoms with Gasteiger partial charge in [0.1, 0.15) is 0 Å². The minimum absolute atomic E-state index is 0.569. The summed E-state index contributed by atoms with van der Waals surface area (Å²) in [6, 6.07) is 1.42. The van der Waals surface area contributed by atoms with Gasteiger partial charge in [-0.2, -0.15) is 0 Å². The van der Waals surface area contributed by atoms with Gasteiger partial charge in [0.25, 0.3) is 0 Å². The van der Waals surface area contributed by atoms with Gasteiger partial charge in [-0.05, 0) is 25.9 Å². The smallest absolute Gasteiger partial charge is 0.377 e. The zero-order chi connectivity index (χ0) is 22.4. The third kappa shape index (κ3) is 9.10. The van der Waals surface area contributed by atoms with Crippen LogP contribution in [0, 0.1) is 0 Å². The van der Waals surface area contributed by atoms with Gasteiger partial charge in [-0.1, -0.05) is 0 Å². The van der Waals surface area contributed by atoms with Crippen molar-refractivity contribution in [3.05, 3.63) is 0 Å². The normalized spacial score (nSPS) is 13.4. The van der Waals surface area contributed by atoms with E-state index in [1.165, 1.54) is 0 Å². The fourth-order valence-electron chi connectivity index (χ4n) is 3.14. The highest BCUT2D eigenvalue weighted by molar-refractivity contribution is 6.61. The summed E-state index contributed by atoms with van der Waals surface area (Å²) in [6.07, 6.45) is 2.25. The Morgan fingerprint density at radius 1 is 0.448 bits per heavy atom. The minimum Gasteiger partial charge on any atom is -0.377 e. The molecule has 29 heavy (non-hydrogen) atoms. The van der Waals surface area contributed by atoms with Crippen molar-refractivity contribution in [2.45, 2.75) is 24.9 Å². The largest absolute Gasteiger partial charge is 0.514 e. The summed E-state index contributed by atoms with van der Waals surface area (Å²) in [6.45, 7) is 1.58. The Labute approximate surface area is 179 Å². The Morgan fingerprint density at radius 2 is 0.724 bits per heavy atom. The van der Waals surface area contributed by atoms with Crippen molar-refractivity contribution >= 4 is 26.4 Å². The molecule has 176 valence electrons. The van der Waals surface area contributed by atoms with E-state index in [1.54, 1.807) is 64.0 Å². The molecular weight excluding hydrogens is 434 g/mol. The van der Waals surface area contributed by atoms with Crippen LogP contribution < -0.4 is 0 Å². The van der Waals surface area contributed by atoms with Crippen LogP contribution in [0.5, 0.6) is 0 Å². The molecule has 0 amide bonds. The zero-order valence-electron chi connectivity index (χ0n) is 19.6. The van der Waals surface area contributed by atoms with Crippen LogP contribution in [0.3, 0.4) is 0 Å². The Bertz CT molecular complexity index is 360. The quantitative estimate of drug-likeness (QED) is 0.254. The maximum absolute atomic E-state index is 5.61. The first-order valence-corrected chi connectivity index (χ1v) is 15.3. The summed E-state index contributed by atoms with van der Waals surface area (Å²) in [5.74, 6) is 0. The lowest BCUT2D eigenvalue weighted by atomic mass is 10.4. The first kappa shape index (κ1) is 29.3. The van der Waals surface area contributed by atoms with Gasteiger partial charge in [-0.3, -0.25) is 4.90 Å². The van der Waals surface area contributed by atoms with E-state index >= 15 is 0 Å². The number of rotatable bonds is 19. The van der Waals surface area contributed by atoms with Crippen LogP contribution in [0.1, 0.15) is 12.8 Å². The second kappa shape index (κ2) is 15.1. The summed E-state index contributed by atoms with van der Waals surface area (Å²) in [5.41, 5.74) is 0. The summed E-state index contributed by atoms with van der Waals surface area (Å²) in [7, 11) is 6.63. The molecule has 0 aromatic heterocycles. The molecule has 0 N–H and O–H groups in total. The van der Waals surface area contributed by atoms with Crippen LogP contribution in [0.15, 0.2) is 0 Å². The maximum Gasteiger partial charge on any atom is 0.514 e. The first-order chi connectivity index (χ1) is 13.8. The molecule has 10 nitrogen and oxygen atoms in total. The molecule has 0 atom stereocenters. The van der Waals surface area contributed by atoms with Gasteiger partial charge < -0.3 is 39.8 Å². The van der Waals surface area contributed by atoms with Crippen LogP contribution in [-0.2, 0) is 39.8 Å². The molecule has 0 spiro atoms. The second-order valence-corrected chi connectivity index (χ2v) is 15.5. The lowest BCUT2D eigenvalue weighted by Gasteiger charge is -2.32. The average molecular weight is 476 g/mol. The van der Waals surface area contributed by atoms with Gasteiger partial charge in [0.2, 0.25) is 0 Å². The average Bonchev–Trinajstić information content (AvgIpc) is 2.78. The predicted molar refractivity (Wildman–Crippen MR) is 116 cm³/mol. The van der Waals surface area contributed by atoms with E-state index < -0.39 is 26.4 Å². The summed E-state index contributed by atoms with van der Waals surface area (Å²) in [5, 5.41) is 0. The fourth-order valence-corrected chi connectivity index (χ4v) is 8.30. The highest BCUT2D eigenvalue weighted by atomic mass is 28.4. The molecule has 0 unspecified atom stereocenters. The zero-order valence-corrected chi connectivity index (χ0v) is 22.6. The Hall–Kier alpha value is 0.251.